The zero-order chi connectivity index (χ0) is 16.2. The van der Waals surface area contributed by atoms with Gasteiger partial charge in [-0.1, -0.05) is 30.3 Å². The molecule has 0 radical (unpaired) electrons. The van der Waals surface area contributed by atoms with Gasteiger partial charge >= 0.3 is 6.18 Å². The summed E-state index contributed by atoms with van der Waals surface area (Å²) in [5.41, 5.74) is -3.02. The Morgan fingerprint density at radius 3 is 2.48 bits per heavy atom. The quantitative estimate of drug-likeness (QED) is 0.277. The van der Waals surface area contributed by atoms with Crippen LogP contribution in [0.25, 0.3) is 5.76 Å². The summed E-state index contributed by atoms with van der Waals surface area (Å²) in [6.45, 7) is 3.29. The molecule has 2 N–H and O–H groups in total. The largest absolute Gasteiger partial charge is 0.505 e. The zero-order valence-corrected chi connectivity index (χ0v) is 11.1. The van der Waals surface area contributed by atoms with E-state index in [2.05, 4.69) is 11.6 Å². The summed E-state index contributed by atoms with van der Waals surface area (Å²) >= 11 is 5.51. The highest BCUT2D eigenvalue weighted by atomic mass is 35.5. The number of hydrogen-bond donors (Lipinski definition) is 2. The van der Waals surface area contributed by atoms with Crippen LogP contribution in [0.15, 0.2) is 42.5 Å². The van der Waals surface area contributed by atoms with Gasteiger partial charge in [-0.25, -0.2) is 4.98 Å². The van der Waals surface area contributed by atoms with Crippen LogP contribution in [0.3, 0.4) is 0 Å². The van der Waals surface area contributed by atoms with Crippen molar-refractivity contribution in [3.63, 3.8) is 0 Å². The van der Waals surface area contributed by atoms with Crippen LogP contribution < -0.4 is 0 Å². The third-order valence-electron chi connectivity index (χ3n) is 2.28. The molecule has 0 spiro atoms. The molecule has 21 heavy (non-hydrogen) atoms. The summed E-state index contributed by atoms with van der Waals surface area (Å²) in [5, 5.41) is 16.4. The van der Waals surface area contributed by atoms with Crippen molar-refractivity contribution < 1.29 is 22.7 Å². The first kappa shape index (κ1) is 16.9. The number of pyridine rings is 1. The van der Waals surface area contributed by atoms with Crippen molar-refractivity contribution in [2.45, 2.75) is 6.18 Å². The lowest BCUT2D eigenvalue weighted by atomic mass is 10.1. The summed E-state index contributed by atoms with van der Waals surface area (Å²) in [5.74, 6) is -2.77. The maximum atomic E-state index is 13.1. The number of allylic oxidation sites excluding steroid dienone is 4. The molecule has 0 aliphatic heterocycles. The highest BCUT2D eigenvalue weighted by molar-refractivity contribution is 6.29. The first-order valence-corrected chi connectivity index (χ1v) is 5.77. The summed E-state index contributed by atoms with van der Waals surface area (Å²) in [6, 6.07) is 1.50. The highest BCUT2D eigenvalue weighted by Gasteiger charge is 2.36. The van der Waals surface area contributed by atoms with Gasteiger partial charge in [-0.2, -0.15) is 17.6 Å². The van der Waals surface area contributed by atoms with Gasteiger partial charge in [0.25, 0.3) is 0 Å². The number of hydrogen-bond acceptors (Lipinski definition) is 3. The average Bonchev–Trinajstić information content (AvgIpc) is 2.37. The summed E-state index contributed by atoms with van der Waals surface area (Å²) in [7, 11) is 0. The molecule has 112 valence electrons. The summed E-state index contributed by atoms with van der Waals surface area (Å²) in [4.78, 5) is 3.37. The molecule has 1 rings (SSSR count). The molecule has 3 nitrogen and oxygen atoms in total. The molecule has 0 aromatic carbocycles. The topological polar surface area (TPSA) is 57.0 Å². The number of aromatic nitrogens is 1. The Labute approximate surface area is 122 Å². The maximum Gasteiger partial charge on any atom is 0.418 e. The molecule has 0 aliphatic carbocycles. The Bertz CT molecular complexity index is 636. The van der Waals surface area contributed by atoms with E-state index < -0.39 is 34.7 Å². The highest BCUT2D eigenvalue weighted by Crippen LogP contribution is 2.35. The first-order valence-electron chi connectivity index (χ1n) is 5.39. The fourth-order valence-corrected chi connectivity index (χ4v) is 1.54. The monoisotopic (exact) mass is 320 g/mol. The minimum atomic E-state index is -4.83. The fraction of sp³-hybridized carbons (Fsp3) is 0.0769. The molecule has 0 fully saturated rings. The van der Waals surface area contributed by atoms with Gasteiger partial charge in [0.05, 0.1) is 11.1 Å². The molecule has 0 unspecified atom stereocenters. The standard InChI is InChI=1S/C13H9ClF4N2O/c1-2-3-4-7(12(15)19)11(21)10-8(13(16,17)18)5-6-9(14)20-10/h2-6,19,21H,1H2/b4-3-,11-7?,19-12?. The van der Waals surface area contributed by atoms with E-state index in [1.807, 2.05) is 0 Å². The van der Waals surface area contributed by atoms with E-state index in [-0.39, 0.29) is 5.15 Å². The number of nitrogens with one attached hydrogen (secondary N) is 1. The Balaban J connectivity index is 3.63. The number of rotatable bonds is 4. The molecule has 0 aliphatic rings. The molecule has 1 aromatic rings. The van der Waals surface area contributed by atoms with Crippen LogP contribution in [0.4, 0.5) is 17.6 Å². The lowest BCUT2D eigenvalue weighted by Gasteiger charge is -2.12. The minimum absolute atomic E-state index is 0.318. The Kier molecular flexibility index (Phi) is 5.26. The fourth-order valence-electron chi connectivity index (χ4n) is 1.39. The molecule has 0 saturated heterocycles. The van der Waals surface area contributed by atoms with Gasteiger partial charge < -0.3 is 5.11 Å². The Hall–Kier alpha value is -2.15. The molecule has 0 bridgehead atoms. The second kappa shape index (κ2) is 6.53. The number of nitrogens with zero attached hydrogens (tertiary/aromatic N) is 1. The van der Waals surface area contributed by atoms with E-state index in [4.69, 9.17) is 17.0 Å². The number of aliphatic hydroxyl groups is 1. The van der Waals surface area contributed by atoms with Crippen molar-refractivity contribution >= 4 is 23.3 Å². The van der Waals surface area contributed by atoms with Gasteiger partial charge in [0, 0.05) is 0 Å². The molecule has 0 amide bonds. The molecule has 1 heterocycles. The van der Waals surface area contributed by atoms with Crippen LogP contribution in [0.1, 0.15) is 11.3 Å². The normalized spacial score (nSPS) is 13.2. The van der Waals surface area contributed by atoms with E-state index >= 15 is 0 Å². The summed E-state index contributed by atoms with van der Waals surface area (Å²) < 4.78 is 51.7. The SMILES string of the molecule is C=C/C=C\C(C(=N)F)=C(O)c1nc(Cl)ccc1C(F)(F)F. The number of alkyl halides is 3. The van der Waals surface area contributed by atoms with E-state index in [1.54, 1.807) is 0 Å². The number of aliphatic hydroxyl groups excluding tert-OH is 1. The second-order valence-corrected chi connectivity index (χ2v) is 4.09. The van der Waals surface area contributed by atoms with Crippen LogP contribution in [-0.4, -0.2) is 16.1 Å². The first-order chi connectivity index (χ1) is 9.68. The van der Waals surface area contributed by atoms with Crippen LogP contribution >= 0.6 is 11.6 Å². The van der Waals surface area contributed by atoms with Gasteiger partial charge in [-0.05, 0) is 18.2 Å². The molecule has 0 saturated carbocycles. The molecule has 1 aromatic heterocycles. The van der Waals surface area contributed by atoms with Crippen molar-refractivity contribution in [2.24, 2.45) is 0 Å². The van der Waals surface area contributed by atoms with E-state index in [0.717, 1.165) is 18.2 Å². The van der Waals surface area contributed by atoms with E-state index in [9.17, 15) is 22.7 Å². The van der Waals surface area contributed by atoms with Crippen molar-refractivity contribution in [3.8, 4) is 0 Å². The van der Waals surface area contributed by atoms with Crippen molar-refractivity contribution in [2.75, 3.05) is 0 Å². The third kappa shape index (κ3) is 4.16. The van der Waals surface area contributed by atoms with Gasteiger partial charge in [0.2, 0.25) is 5.97 Å². The smallest absolute Gasteiger partial charge is 0.418 e. The van der Waals surface area contributed by atoms with Crippen molar-refractivity contribution in [3.05, 3.63) is 58.9 Å². The van der Waals surface area contributed by atoms with Gasteiger partial charge in [0.1, 0.15) is 10.8 Å². The third-order valence-corrected chi connectivity index (χ3v) is 2.49. The van der Waals surface area contributed by atoms with E-state index in [0.29, 0.717) is 6.07 Å². The second-order valence-electron chi connectivity index (χ2n) is 3.70. The summed E-state index contributed by atoms with van der Waals surface area (Å²) in [6.07, 6.45) is -1.58. The van der Waals surface area contributed by atoms with Crippen LogP contribution in [0, 0.1) is 5.41 Å². The lowest BCUT2D eigenvalue weighted by Crippen LogP contribution is -2.12. The predicted octanol–water partition coefficient (Wildman–Crippen LogP) is 4.71. The zero-order valence-electron chi connectivity index (χ0n) is 10.4. The number of halogens is 5. The molecule has 0 atom stereocenters. The lowest BCUT2D eigenvalue weighted by molar-refractivity contribution is -0.138. The minimum Gasteiger partial charge on any atom is -0.505 e. The molecule has 8 heteroatoms. The van der Waals surface area contributed by atoms with Gasteiger partial charge in [0.15, 0.2) is 5.76 Å². The van der Waals surface area contributed by atoms with Crippen LogP contribution in [-0.2, 0) is 6.18 Å². The van der Waals surface area contributed by atoms with Crippen molar-refractivity contribution in [1.82, 2.24) is 4.98 Å². The van der Waals surface area contributed by atoms with Crippen LogP contribution in [0.5, 0.6) is 0 Å². The Morgan fingerprint density at radius 1 is 1.38 bits per heavy atom. The Morgan fingerprint density at radius 2 is 2.00 bits per heavy atom. The maximum absolute atomic E-state index is 13.1. The molecular weight excluding hydrogens is 312 g/mol. The molecular formula is C13H9ClF4N2O. The van der Waals surface area contributed by atoms with E-state index in [1.165, 1.54) is 6.08 Å². The average molecular weight is 321 g/mol. The van der Waals surface area contributed by atoms with Crippen molar-refractivity contribution in [1.29, 1.82) is 5.41 Å². The van der Waals surface area contributed by atoms with Gasteiger partial charge in [-0.3, -0.25) is 5.41 Å². The predicted molar refractivity (Wildman–Crippen MR) is 72.0 cm³/mol. The van der Waals surface area contributed by atoms with Gasteiger partial charge in [-0.15, -0.1) is 0 Å². The van der Waals surface area contributed by atoms with Crippen LogP contribution in [0.2, 0.25) is 5.15 Å².